The summed E-state index contributed by atoms with van der Waals surface area (Å²) in [5, 5.41) is 12.1. The summed E-state index contributed by atoms with van der Waals surface area (Å²) in [6.45, 7) is 2.79. The molecule has 1 heterocycles. The molecule has 2 N–H and O–H groups in total. The van der Waals surface area contributed by atoms with Gasteiger partial charge in [0.05, 0.1) is 5.56 Å². The van der Waals surface area contributed by atoms with Crippen molar-refractivity contribution in [1.82, 2.24) is 0 Å². The summed E-state index contributed by atoms with van der Waals surface area (Å²) in [6, 6.07) is 11.0. The number of halogens is 1. The molecule has 0 spiro atoms. The van der Waals surface area contributed by atoms with Crippen molar-refractivity contribution in [1.29, 1.82) is 0 Å². The molecule has 0 saturated heterocycles. The standard InChI is InChI=1S/C13H13NO2S.ClH/c1-9-5-6-12(17-9)8-14-11-4-2-3-10(7-11)13(15)16;/h2-7,14H,8H2,1H3,(H,15,16);1H/p-1. The average Bonchev–Trinajstić information content (AvgIpc) is 2.73. The van der Waals surface area contributed by atoms with Crippen molar-refractivity contribution in [2.45, 2.75) is 13.5 Å². The number of aromatic carboxylic acids is 1. The molecule has 0 atom stereocenters. The lowest BCUT2D eigenvalue weighted by atomic mass is 10.2. The van der Waals surface area contributed by atoms with Crippen LogP contribution in [0, 0.1) is 6.92 Å². The van der Waals surface area contributed by atoms with Crippen LogP contribution in [0.5, 0.6) is 0 Å². The van der Waals surface area contributed by atoms with E-state index in [2.05, 4.69) is 24.4 Å². The van der Waals surface area contributed by atoms with Gasteiger partial charge in [0.1, 0.15) is 0 Å². The predicted octanol–water partition coefficient (Wildman–Crippen LogP) is 0.371. The zero-order chi connectivity index (χ0) is 12.3. The Morgan fingerprint density at radius 3 is 2.72 bits per heavy atom. The quantitative estimate of drug-likeness (QED) is 0.852. The lowest BCUT2D eigenvalue weighted by Crippen LogP contribution is -3.00. The van der Waals surface area contributed by atoms with E-state index in [-0.39, 0.29) is 12.4 Å². The Kier molecular flexibility index (Phi) is 5.19. The Bertz CT molecular complexity index is 539. The number of anilines is 1. The number of aryl methyl sites for hydroxylation is 1. The number of rotatable bonds is 4. The van der Waals surface area contributed by atoms with E-state index in [1.54, 1.807) is 29.5 Å². The molecule has 0 radical (unpaired) electrons. The minimum absolute atomic E-state index is 0. The van der Waals surface area contributed by atoms with Crippen LogP contribution in [-0.2, 0) is 6.54 Å². The predicted molar refractivity (Wildman–Crippen MR) is 69.8 cm³/mol. The molecule has 2 aromatic rings. The van der Waals surface area contributed by atoms with Gasteiger partial charge in [-0.25, -0.2) is 4.79 Å². The first-order valence-electron chi connectivity index (χ1n) is 5.28. The Balaban J connectivity index is 0.00000162. The number of hydrogen-bond acceptors (Lipinski definition) is 3. The van der Waals surface area contributed by atoms with Crippen LogP contribution in [0.15, 0.2) is 36.4 Å². The second-order valence-corrected chi connectivity index (χ2v) is 5.12. The first kappa shape index (κ1) is 14.5. The molecule has 2 rings (SSSR count). The topological polar surface area (TPSA) is 49.3 Å². The van der Waals surface area contributed by atoms with Gasteiger partial charge in [0.2, 0.25) is 0 Å². The van der Waals surface area contributed by atoms with Crippen molar-refractivity contribution < 1.29 is 22.3 Å². The average molecular weight is 283 g/mol. The van der Waals surface area contributed by atoms with Crippen LogP contribution in [0.25, 0.3) is 0 Å². The van der Waals surface area contributed by atoms with E-state index < -0.39 is 5.97 Å². The Hall–Kier alpha value is -1.52. The number of carboxylic acid groups (broad SMARTS) is 1. The highest BCUT2D eigenvalue weighted by atomic mass is 35.5. The minimum atomic E-state index is -0.902. The highest BCUT2D eigenvalue weighted by Gasteiger charge is 2.03. The van der Waals surface area contributed by atoms with E-state index in [4.69, 9.17) is 5.11 Å². The fourth-order valence-corrected chi connectivity index (χ4v) is 2.36. The summed E-state index contributed by atoms with van der Waals surface area (Å²) in [6.07, 6.45) is 0. The summed E-state index contributed by atoms with van der Waals surface area (Å²) >= 11 is 1.74. The van der Waals surface area contributed by atoms with Gasteiger partial charge in [-0.2, -0.15) is 0 Å². The van der Waals surface area contributed by atoms with Crippen LogP contribution in [0.2, 0.25) is 0 Å². The molecule has 96 valence electrons. The maximum absolute atomic E-state index is 10.8. The summed E-state index contributed by atoms with van der Waals surface area (Å²) in [4.78, 5) is 13.3. The maximum Gasteiger partial charge on any atom is 0.335 e. The van der Waals surface area contributed by atoms with Crippen molar-refractivity contribution >= 4 is 23.0 Å². The lowest BCUT2D eigenvalue weighted by molar-refractivity contribution is -0.0000189. The van der Waals surface area contributed by atoms with Gasteiger partial charge < -0.3 is 22.8 Å². The lowest BCUT2D eigenvalue weighted by Gasteiger charge is -2.05. The SMILES string of the molecule is Cc1ccc(CNc2cccc(C(=O)O)c2)s1.[Cl-]. The zero-order valence-corrected chi connectivity index (χ0v) is 11.4. The molecule has 0 saturated carbocycles. The van der Waals surface area contributed by atoms with E-state index >= 15 is 0 Å². The number of carboxylic acids is 1. The molecule has 0 unspecified atom stereocenters. The largest absolute Gasteiger partial charge is 1.00 e. The van der Waals surface area contributed by atoms with Crippen molar-refractivity contribution in [3.8, 4) is 0 Å². The third kappa shape index (κ3) is 3.75. The molecule has 3 nitrogen and oxygen atoms in total. The van der Waals surface area contributed by atoms with Crippen molar-refractivity contribution in [2.24, 2.45) is 0 Å². The molecular weight excluding hydrogens is 270 g/mol. The molecule has 0 fully saturated rings. The first-order chi connectivity index (χ1) is 8.15. The minimum Gasteiger partial charge on any atom is -1.00 e. The molecule has 5 heteroatoms. The van der Waals surface area contributed by atoms with Gasteiger partial charge in [-0.1, -0.05) is 6.07 Å². The molecule has 1 aromatic heterocycles. The van der Waals surface area contributed by atoms with Crippen LogP contribution in [0.3, 0.4) is 0 Å². The van der Waals surface area contributed by atoms with E-state index in [0.717, 1.165) is 12.2 Å². The molecule has 1 aromatic carbocycles. The molecule has 0 bridgehead atoms. The fraction of sp³-hybridized carbons (Fsp3) is 0.154. The third-order valence-electron chi connectivity index (χ3n) is 2.37. The fourth-order valence-electron chi connectivity index (χ4n) is 1.53. The van der Waals surface area contributed by atoms with Crippen LogP contribution < -0.4 is 17.7 Å². The molecular formula is C13H13ClNO2S-. The summed E-state index contributed by atoms with van der Waals surface area (Å²) in [5.74, 6) is -0.902. The van der Waals surface area contributed by atoms with Gasteiger partial charge in [0.15, 0.2) is 0 Å². The van der Waals surface area contributed by atoms with Crippen LogP contribution in [-0.4, -0.2) is 11.1 Å². The van der Waals surface area contributed by atoms with Crippen molar-refractivity contribution in [3.05, 3.63) is 51.7 Å². The summed E-state index contributed by atoms with van der Waals surface area (Å²) < 4.78 is 0. The first-order valence-corrected chi connectivity index (χ1v) is 6.09. The van der Waals surface area contributed by atoms with Gasteiger partial charge in [-0.3, -0.25) is 0 Å². The molecule has 0 amide bonds. The second kappa shape index (κ2) is 6.42. The summed E-state index contributed by atoms with van der Waals surface area (Å²) in [5.41, 5.74) is 1.13. The number of benzene rings is 1. The Labute approximate surface area is 116 Å². The molecule has 18 heavy (non-hydrogen) atoms. The highest BCUT2D eigenvalue weighted by Crippen LogP contribution is 2.17. The van der Waals surface area contributed by atoms with E-state index in [1.807, 2.05) is 6.07 Å². The Morgan fingerprint density at radius 2 is 2.11 bits per heavy atom. The molecule has 0 aliphatic rings. The number of thiophene rings is 1. The van der Waals surface area contributed by atoms with Gasteiger partial charge >= 0.3 is 5.97 Å². The molecule has 0 aliphatic heterocycles. The normalized spacial score (nSPS) is 9.61. The van der Waals surface area contributed by atoms with Gasteiger partial charge in [0, 0.05) is 22.0 Å². The summed E-state index contributed by atoms with van der Waals surface area (Å²) in [7, 11) is 0. The van der Waals surface area contributed by atoms with Gasteiger partial charge in [-0.05, 0) is 37.3 Å². The second-order valence-electron chi connectivity index (χ2n) is 3.75. The van der Waals surface area contributed by atoms with Crippen molar-refractivity contribution in [3.63, 3.8) is 0 Å². The third-order valence-corrected chi connectivity index (χ3v) is 3.37. The van der Waals surface area contributed by atoms with Crippen LogP contribution in [0.1, 0.15) is 20.1 Å². The molecule has 0 aliphatic carbocycles. The van der Waals surface area contributed by atoms with Crippen LogP contribution >= 0.6 is 11.3 Å². The van der Waals surface area contributed by atoms with Crippen molar-refractivity contribution in [2.75, 3.05) is 5.32 Å². The van der Waals surface area contributed by atoms with E-state index in [9.17, 15) is 4.79 Å². The zero-order valence-electron chi connectivity index (χ0n) is 9.81. The number of nitrogens with one attached hydrogen (secondary N) is 1. The van der Waals surface area contributed by atoms with Gasteiger partial charge in [-0.15, -0.1) is 11.3 Å². The smallest absolute Gasteiger partial charge is 0.335 e. The van der Waals surface area contributed by atoms with E-state index in [0.29, 0.717) is 5.56 Å². The Morgan fingerprint density at radius 1 is 1.33 bits per heavy atom. The monoisotopic (exact) mass is 282 g/mol. The van der Waals surface area contributed by atoms with Crippen LogP contribution in [0.4, 0.5) is 5.69 Å². The van der Waals surface area contributed by atoms with Gasteiger partial charge in [0.25, 0.3) is 0 Å². The highest BCUT2D eigenvalue weighted by molar-refractivity contribution is 7.11. The van der Waals surface area contributed by atoms with E-state index in [1.165, 1.54) is 9.75 Å². The number of hydrogen-bond donors (Lipinski definition) is 2. The maximum atomic E-state index is 10.8. The number of carbonyl (C=O) groups is 1.